The molecule has 184 valence electrons. The summed E-state index contributed by atoms with van der Waals surface area (Å²) < 4.78 is 5.29. The zero-order valence-corrected chi connectivity index (χ0v) is 21.6. The highest BCUT2D eigenvalue weighted by Gasteiger charge is 2.35. The first-order valence-corrected chi connectivity index (χ1v) is 12.3. The third kappa shape index (κ3) is 7.95. The van der Waals surface area contributed by atoms with Gasteiger partial charge in [0.25, 0.3) is 0 Å². The Labute approximate surface area is 203 Å². The molecule has 3 amide bonds. The molecule has 7 nitrogen and oxygen atoms in total. The third-order valence-electron chi connectivity index (χ3n) is 5.84. The maximum Gasteiger partial charge on any atom is 0.408 e. The van der Waals surface area contributed by atoms with Gasteiger partial charge in [-0.15, -0.1) is 0 Å². The first-order valence-electron chi connectivity index (χ1n) is 11.7. The molecular weight excluding hydrogens is 438 g/mol. The van der Waals surface area contributed by atoms with Gasteiger partial charge in [-0.3, -0.25) is 9.59 Å². The number of alkyl carbamates (subject to hydrolysis) is 1. The van der Waals surface area contributed by atoms with Crippen molar-refractivity contribution in [3.8, 4) is 0 Å². The molecule has 0 heterocycles. The average molecular weight is 478 g/mol. The van der Waals surface area contributed by atoms with Crippen LogP contribution in [0.15, 0.2) is 18.2 Å². The van der Waals surface area contributed by atoms with Crippen molar-refractivity contribution >= 4 is 30.5 Å². The highest BCUT2D eigenvalue weighted by atomic mass is 32.1. The molecule has 33 heavy (non-hydrogen) atoms. The van der Waals surface area contributed by atoms with Crippen molar-refractivity contribution in [2.24, 2.45) is 0 Å². The van der Waals surface area contributed by atoms with Crippen LogP contribution < -0.4 is 10.6 Å². The molecule has 2 rings (SSSR count). The molecule has 1 aliphatic carbocycles. The van der Waals surface area contributed by atoms with Crippen LogP contribution >= 0.6 is 12.6 Å². The number of aryl methyl sites for hydroxylation is 2. The summed E-state index contributed by atoms with van der Waals surface area (Å²) in [5.74, 6) is -0.534. The molecule has 0 radical (unpaired) electrons. The van der Waals surface area contributed by atoms with Gasteiger partial charge < -0.3 is 20.3 Å². The number of nitrogens with one attached hydrogen (secondary N) is 2. The van der Waals surface area contributed by atoms with E-state index in [-0.39, 0.29) is 17.7 Å². The van der Waals surface area contributed by atoms with Crippen molar-refractivity contribution in [1.29, 1.82) is 0 Å². The van der Waals surface area contributed by atoms with Crippen molar-refractivity contribution in [2.75, 3.05) is 12.8 Å². The van der Waals surface area contributed by atoms with E-state index in [4.69, 9.17) is 4.74 Å². The van der Waals surface area contributed by atoms with Gasteiger partial charge in [-0.25, -0.2) is 4.79 Å². The van der Waals surface area contributed by atoms with Crippen molar-refractivity contribution in [2.45, 2.75) is 90.4 Å². The molecule has 0 spiro atoms. The number of nitrogens with zero attached hydrogens (tertiary/aromatic N) is 1. The molecular formula is C25H39N3O4S. The van der Waals surface area contributed by atoms with E-state index in [1.54, 1.807) is 27.8 Å². The Kier molecular flexibility index (Phi) is 9.64. The number of ether oxygens (including phenoxy) is 1. The second-order valence-corrected chi connectivity index (χ2v) is 10.3. The fraction of sp³-hybridized carbons (Fsp3) is 0.640. The highest BCUT2D eigenvalue weighted by molar-refractivity contribution is 7.80. The van der Waals surface area contributed by atoms with Gasteiger partial charge in [-0.1, -0.05) is 43.0 Å². The van der Waals surface area contributed by atoms with E-state index in [2.05, 4.69) is 23.3 Å². The van der Waals surface area contributed by atoms with Crippen molar-refractivity contribution in [3.05, 3.63) is 34.9 Å². The van der Waals surface area contributed by atoms with Crippen LogP contribution in [0.1, 0.15) is 75.6 Å². The molecule has 1 aromatic carbocycles. The SMILES string of the molecule is Cc1ccc(C)c(C(C(=O)NC2CCCCC2)N(C)C(=O)C(CS)NC(=O)OC(C)(C)C)c1. The summed E-state index contributed by atoms with van der Waals surface area (Å²) in [6.45, 7) is 9.15. The van der Waals surface area contributed by atoms with Crippen LogP contribution in [0.25, 0.3) is 0 Å². The molecule has 1 aliphatic rings. The lowest BCUT2D eigenvalue weighted by Crippen LogP contribution is -2.53. The number of amides is 3. The van der Waals surface area contributed by atoms with E-state index in [9.17, 15) is 14.4 Å². The first-order chi connectivity index (χ1) is 15.4. The van der Waals surface area contributed by atoms with E-state index < -0.39 is 29.7 Å². The molecule has 2 atom stereocenters. The summed E-state index contributed by atoms with van der Waals surface area (Å²) in [6, 6.07) is 4.26. The second-order valence-electron chi connectivity index (χ2n) is 9.94. The number of carbonyl (C=O) groups excluding carboxylic acids is 3. The summed E-state index contributed by atoms with van der Waals surface area (Å²) >= 11 is 4.27. The lowest BCUT2D eigenvalue weighted by molar-refractivity contribution is -0.140. The minimum absolute atomic E-state index is 0.0756. The van der Waals surface area contributed by atoms with Gasteiger partial charge in [0.1, 0.15) is 17.7 Å². The number of rotatable bonds is 7. The number of carbonyl (C=O) groups is 3. The Morgan fingerprint density at radius 1 is 1.15 bits per heavy atom. The van der Waals surface area contributed by atoms with Crippen LogP contribution in [0.3, 0.4) is 0 Å². The Hall–Kier alpha value is -2.22. The van der Waals surface area contributed by atoms with Gasteiger partial charge in [-0.2, -0.15) is 12.6 Å². The molecule has 0 bridgehead atoms. The molecule has 2 unspecified atom stereocenters. The molecule has 1 saturated carbocycles. The van der Waals surface area contributed by atoms with Crippen LogP contribution in [-0.2, 0) is 14.3 Å². The van der Waals surface area contributed by atoms with Crippen LogP contribution in [-0.4, -0.2) is 53.3 Å². The highest BCUT2D eigenvalue weighted by Crippen LogP contribution is 2.27. The summed E-state index contributed by atoms with van der Waals surface area (Å²) in [7, 11) is 1.60. The largest absolute Gasteiger partial charge is 0.444 e. The number of hydrogen-bond acceptors (Lipinski definition) is 5. The molecule has 1 fully saturated rings. The first kappa shape index (κ1) is 27.0. The Bertz CT molecular complexity index is 847. The Morgan fingerprint density at radius 2 is 1.79 bits per heavy atom. The minimum atomic E-state index is -0.928. The second kappa shape index (κ2) is 11.8. The molecule has 0 aromatic heterocycles. The van der Waals surface area contributed by atoms with Gasteiger partial charge in [0.05, 0.1) is 0 Å². The van der Waals surface area contributed by atoms with Gasteiger partial charge in [0, 0.05) is 18.8 Å². The molecule has 0 aliphatic heterocycles. The number of benzene rings is 1. The smallest absolute Gasteiger partial charge is 0.408 e. The molecule has 1 aromatic rings. The summed E-state index contributed by atoms with van der Waals surface area (Å²) in [5.41, 5.74) is 2.01. The predicted octanol–water partition coefficient (Wildman–Crippen LogP) is 4.07. The molecule has 2 N–H and O–H groups in total. The summed E-state index contributed by atoms with van der Waals surface area (Å²) in [4.78, 5) is 40.6. The van der Waals surface area contributed by atoms with Gasteiger partial charge >= 0.3 is 6.09 Å². The quantitative estimate of drug-likeness (QED) is 0.517. The van der Waals surface area contributed by atoms with Crippen LogP contribution in [0.5, 0.6) is 0 Å². The lowest BCUT2D eigenvalue weighted by atomic mass is 9.93. The molecule has 8 heteroatoms. The van der Waals surface area contributed by atoms with E-state index >= 15 is 0 Å². The third-order valence-corrected chi connectivity index (χ3v) is 6.20. The van der Waals surface area contributed by atoms with E-state index in [0.29, 0.717) is 0 Å². The van der Waals surface area contributed by atoms with Crippen LogP contribution in [0.4, 0.5) is 4.79 Å². The van der Waals surface area contributed by atoms with Crippen LogP contribution in [0.2, 0.25) is 0 Å². The molecule has 0 saturated heterocycles. The van der Waals surface area contributed by atoms with Crippen LogP contribution in [0, 0.1) is 13.8 Å². The zero-order valence-electron chi connectivity index (χ0n) is 20.7. The van der Waals surface area contributed by atoms with E-state index in [0.717, 1.165) is 42.4 Å². The normalized spacial score (nSPS) is 16.5. The Morgan fingerprint density at radius 3 is 2.36 bits per heavy atom. The summed E-state index contributed by atoms with van der Waals surface area (Å²) in [6.07, 6.45) is 4.57. The summed E-state index contributed by atoms with van der Waals surface area (Å²) in [5, 5.41) is 5.76. The maximum absolute atomic E-state index is 13.5. The monoisotopic (exact) mass is 477 g/mol. The predicted molar refractivity (Wildman–Crippen MR) is 133 cm³/mol. The van der Waals surface area contributed by atoms with Crippen molar-refractivity contribution in [1.82, 2.24) is 15.5 Å². The fourth-order valence-electron chi connectivity index (χ4n) is 4.12. The number of hydrogen-bond donors (Lipinski definition) is 3. The topological polar surface area (TPSA) is 87.7 Å². The lowest BCUT2D eigenvalue weighted by Gasteiger charge is -2.33. The van der Waals surface area contributed by atoms with Crippen molar-refractivity contribution < 1.29 is 19.1 Å². The van der Waals surface area contributed by atoms with E-state index in [1.165, 1.54) is 11.3 Å². The maximum atomic E-state index is 13.5. The number of likely N-dealkylation sites (N-methyl/N-ethyl adjacent to an activating group) is 1. The standard InChI is InChI=1S/C25H39N3O4S/c1-16-12-13-17(2)19(14-16)21(22(29)26-18-10-8-7-9-11-18)28(6)23(30)20(15-33)27-24(31)32-25(3,4)5/h12-14,18,20-21,33H,7-11,15H2,1-6H3,(H,26,29)(H,27,31). The fourth-order valence-corrected chi connectivity index (χ4v) is 4.36. The van der Waals surface area contributed by atoms with Crippen molar-refractivity contribution in [3.63, 3.8) is 0 Å². The van der Waals surface area contributed by atoms with E-state index in [1.807, 2.05) is 32.0 Å². The van der Waals surface area contributed by atoms with Gasteiger partial charge in [0.15, 0.2) is 0 Å². The zero-order chi connectivity index (χ0) is 24.8. The number of thiol groups is 1. The van der Waals surface area contributed by atoms with Gasteiger partial charge in [-0.05, 0) is 58.6 Å². The Balaban J connectivity index is 2.30. The average Bonchev–Trinajstić information content (AvgIpc) is 2.73. The minimum Gasteiger partial charge on any atom is -0.444 e. The van der Waals surface area contributed by atoms with Gasteiger partial charge in [0.2, 0.25) is 11.8 Å².